The van der Waals surface area contributed by atoms with E-state index in [2.05, 4.69) is 24.3 Å². The second-order valence-corrected chi connectivity index (χ2v) is 7.97. The molecule has 0 aromatic carbocycles. The van der Waals surface area contributed by atoms with Crippen molar-refractivity contribution < 1.29 is 23.9 Å². The molecule has 1 saturated carbocycles. The van der Waals surface area contributed by atoms with E-state index in [1.165, 1.54) is 0 Å². The standard InChI is InChI=1S/C19H32N2O5/c1-7-11(8-2)15-14-13(20-18(23)25-19(4,5)6)10-12(16(14)26-21-15)17(22)24-9-3/h11-14,16H,7-10H2,1-6H3,(H,20,23)/t12-,13+,14+,16+/m0/s1. The van der Waals surface area contributed by atoms with Gasteiger partial charge in [-0.25, -0.2) is 4.79 Å². The van der Waals surface area contributed by atoms with Gasteiger partial charge in [0, 0.05) is 12.0 Å². The number of hydrogen-bond donors (Lipinski definition) is 1. The molecule has 1 aliphatic carbocycles. The maximum Gasteiger partial charge on any atom is 0.407 e. The van der Waals surface area contributed by atoms with Crippen LogP contribution in [0.4, 0.5) is 4.79 Å². The van der Waals surface area contributed by atoms with Crippen molar-refractivity contribution in [2.75, 3.05) is 6.61 Å². The molecule has 0 unspecified atom stereocenters. The number of nitrogens with zero attached hydrogens (tertiary/aromatic N) is 1. The number of esters is 1. The van der Waals surface area contributed by atoms with Crippen molar-refractivity contribution in [1.29, 1.82) is 0 Å². The van der Waals surface area contributed by atoms with Crippen LogP contribution in [0.2, 0.25) is 0 Å². The molecule has 1 aliphatic heterocycles. The van der Waals surface area contributed by atoms with Crippen LogP contribution in [0.15, 0.2) is 5.16 Å². The van der Waals surface area contributed by atoms with Crippen molar-refractivity contribution in [3.8, 4) is 0 Å². The van der Waals surface area contributed by atoms with Crippen molar-refractivity contribution in [3.05, 3.63) is 0 Å². The molecule has 0 saturated heterocycles. The van der Waals surface area contributed by atoms with Gasteiger partial charge in [-0.05, 0) is 47.0 Å². The van der Waals surface area contributed by atoms with Crippen molar-refractivity contribution >= 4 is 17.8 Å². The first-order chi connectivity index (χ1) is 12.2. The predicted molar refractivity (Wildman–Crippen MR) is 97.8 cm³/mol. The number of fused-ring (bicyclic) bond motifs is 1. The van der Waals surface area contributed by atoms with E-state index in [0.717, 1.165) is 18.6 Å². The molecule has 0 aromatic heterocycles. The molecular formula is C19H32N2O5. The van der Waals surface area contributed by atoms with E-state index < -0.39 is 17.6 Å². The number of hydrogen-bond acceptors (Lipinski definition) is 6. The third-order valence-electron chi connectivity index (χ3n) is 5.01. The van der Waals surface area contributed by atoms with E-state index in [4.69, 9.17) is 14.3 Å². The number of amides is 1. The number of carbonyl (C=O) groups excluding carboxylic acids is 2. The lowest BCUT2D eigenvalue weighted by atomic mass is 9.84. The Morgan fingerprint density at radius 1 is 1.27 bits per heavy atom. The lowest BCUT2D eigenvalue weighted by Gasteiger charge is -2.25. The summed E-state index contributed by atoms with van der Waals surface area (Å²) in [6.45, 7) is 11.8. The van der Waals surface area contributed by atoms with E-state index in [1.807, 2.05) is 20.8 Å². The molecule has 1 N–H and O–H groups in total. The molecule has 0 aromatic rings. The summed E-state index contributed by atoms with van der Waals surface area (Å²) in [5, 5.41) is 7.24. The maximum absolute atomic E-state index is 12.4. The Hall–Kier alpha value is -1.79. The van der Waals surface area contributed by atoms with Crippen LogP contribution in [0.25, 0.3) is 0 Å². The largest absolute Gasteiger partial charge is 0.466 e. The Balaban J connectivity index is 2.20. The van der Waals surface area contributed by atoms with E-state index in [0.29, 0.717) is 13.0 Å². The Morgan fingerprint density at radius 2 is 1.92 bits per heavy atom. The van der Waals surface area contributed by atoms with Crippen molar-refractivity contribution in [1.82, 2.24) is 5.32 Å². The average Bonchev–Trinajstić information content (AvgIpc) is 3.09. The second kappa shape index (κ2) is 8.27. The quantitative estimate of drug-likeness (QED) is 0.727. The summed E-state index contributed by atoms with van der Waals surface area (Å²) in [5.74, 6) is -0.580. The molecule has 2 aliphatic rings. The minimum atomic E-state index is -0.582. The van der Waals surface area contributed by atoms with Gasteiger partial charge in [0.25, 0.3) is 0 Å². The highest BCUT2D eigenvalue weighted by Crippen LogP contribution is 2.42. The summed E-state index contributed by atoms with van der Waals surface area (Å²) in [6, 6.07) is -0.258. The van der Waals surface area contributed by atoms with Gasteiger partial charge in [0.15, 0.2) is 6.10 Å². The van der Waals surface area contributed by atoms with Crippen LogP contribution in [0.3, 0.4) is 0 Å². The molecule has 1 fully saturated rings. The molecule has 2 rings (SSSR count). The number of nitrogens with one attached hydrogen (secondary N) is 1. The smallest absolute Gasteiger partial charge is 0.407 e. The van der Waals surface area contributed by atoms with Crippen LogP contribution in [0.1, 0.15) is 60.8 Å². The van der Waals surface area contributed by atoms with Gasteiger partial charge < -0.3 is 19.6 Å². The number of oxime groups is 1. The monoisotopic (exact) mass is 368 g/mol. The normalized spacial score (nSPS) is 27.6. The average molecular weight is 368 g/mol. The molecule has 26 heavy (non-hydrogen) atoms. The van der Waals surface area contributed by atoms with Crippen LogP contribution in [0.5, 0.6) is 0 Å². The Morgan fingerprint density at radius 3 is 2.46 bits per heavy atom. The van der Waals surface area contributed by atoms with Crippen LogP contribution >= 0.6 is 0 Å². The van der Waals surface area contributed by atoms with Crippen LogP contribution < -0.4 is 5.32 Å². The van der Waals surface area contributed by atoms with E-state index in [1.54, 1.807) is 6.92 Å². The van der Waals surface area contributed by atoms with Crippen molar-refractivity contribution in [3.63, 3.8) is 0 Å². The Kier molecular flexibility index (Phi) is 6.53. The first kappa shape index (κ1) is 20.5. The highest BCUT2D eigenvalue weighted by atomic mass is 16.6. The van der Waals surface area contributed by atoms with E-state index in [-0.39, 0.29) is 30.0 Å². The lowest BCUT2D eigenvalue weighted by Crippen LogP contribution is -2.45. The third-order valence-corrected chi connectivity index (χ3v) is 5.01. The van der Waals surface area contributed by atoms with Gasteiger partial charge >= 0.3 is 12.1 Å². The minimum Gasteiger partial charge on any atom is -0.466 e. The summed E-state index contributed by atoms with van der Waals surface area (Å²) in [5.41, 5.74) is 0.356. The summed E-state index contributed by atoms with van der Waals surface area (Å²) in [7, 11) is 0. The minimum absolute atomic E-state index is 0.123. The fourth-order valence-electron chi connectivity index (χ4n) is 3.87. The van der Waals surface area contributed by atoms with Gasteiger partial charge in [0.05, 0.1) is 24.2 Å². The number of ether oxygens (including phenoxy) is 2. The molecule has 4 atom stereocenters. The van der Waals surface area contributed by atoms with Gasteiger partial charge in [-0.1, -0.05) is 19.0 Å². The van der Waals surface area contributed by atoms with E-state index in [9.17, 15) is 9.59 Å². The first-order valence-corrected chi connectivity index (χ1v) is 9.61. The maximum atomic E-state index is 12.4. The molecule has 148 valence electrons. The molecule has 7 nitrogen and oxygen atoms in total. The summed E-state index contributed by atoms with van der Waals surface area (Å²) < 4.78 is 10.6. The molecule has 1 heterocycles. The van der Waals surface area contributed by atoms with Gasteiger partial charge in [-0.2, -0.15) is 0 Å². The highest BCUT2D eigenvalue weighted by molar-refractivity contribution is 5.93. The fourth-order valence-corrected chi connectivity index (χ4v) is 3.87. The number of alkyl carbamates (subject to hydrolysis) is 1. The second-order valence-electron chi connectivity index (χ2n) is 7.97. The zero-order chi connectivity index (χ0) is 19.5. The Bertz CT molecular complexity index is 551. The zero-order valence-electron chi connectivity index (χ0n) is 16.7. The van der Waals surface area contributed by atoms with Gasteiger partial charge in [-0.15, -0.1) is 0 Å². The van der Waals surface area contributed by atoms with Gasteiger partial charge in [0.2, 0.25) is 0 Å². The van der Waals surface area contributed by atoms with E-state index >= 15 is 0 Å². The Labute approximate surface area is 155 Å². The van der Waals surface area contributed by atoms with Gasteiger partial charge in [0.1, 0.15) is 5.60 Å². The fraction of sp³-hybridized carbons (Fsp3) is 0.842. The SMILES string of the molecule is CCOC(=O)[C@H]1C[C@@H](NC(=O)OC(C)(C)C)[C@@H]2C(C(CC)CC)=NO[C@@H]21. The number of rotatable bonds is 6. The van der Waals surface area contributed by atoms with Crippen molar-refractivity contribution in [2.24, 2.45) is 22.9 Å². The highest BCUT2D eigenvalue weighted by Gasteiger charge is 2.55. The summed E-state index contributed by atoms with van der Waals surface area (Å²) in [4.78, 5) is 30.3. The van der Waals surface area contributed by atoms with Crippen LogP contribution in [-0.2, 0) is 19.1 Å². The van der Waals surface area contributed by atoms with Gasteiger partial charge in [-0.3, -0.25) is 4.79 Å². The predicted octanol–water partition coefficient (Wildman–Crippen LogP) is 3.27. The third kappa shape index (κ3) is 4.48. The molecular weight excluding hydrogens is 336 g/mol. The summed E-state index contributed by atoms with van der Waals surface area (Å²) in [6.07, 6.45) is 1.47. The first-order valence-electron chi connectivity index (χ1n) is 9.61. The zero-order valence-corrected chi connectivity index (χ0v) is 16.7. The topological polar surface area (TPSA) is 86.2 Å². The molecule has 0 bridgehead atoms. The van der Waals surface area contributed by atoms with Crippen LogP contribution in [-0.4, -0.2) is 42.1 Å². The molecule has 1 amide bonds. The van der Waals surface area contributed by atoms with Crippen molar-refractivity contribution in [2.45, 2.75) is 78.6 Å². The molecule has 7 heteroatoms. The molecule has 0 radical (unpaired) electrons. The summed E-state index contributed by atoms with van der Waals surface area (Å²) >= 11 is 0. The number of carbonyl (C=O) groups is 2. The molecule has 0 spiro atoms. The lowest BCUT2D eigenvalue weighted by molar-refractivity contribution is -0.152. The van der Waals surface area contributed by atoms with Crippen LogP contribution in [0, 0.1) is 17.8 Å².